The van der Waals surface area contributed by atoms with Crippen molar-refractivity contribution >= 4 is 0 Å². The molecular formula is C13H21NO. The monoisotopic (exact) mass is 207 g/mol. The molecular weight excluding hydrogens is 186 g/mol. The van der Waals surface area contributed by atoms with Crippen LogP contribution in [-0.4, -0.2) is 11.7 Å². The lowest BCUT2D eigenvalue weighted by Crippen LogP contribution is -2.38. The van der Waals surface area contributed by atoms with Gasteiger partial charge in [0, 0.05) is 5.92 Å². The number of rotatable bonds is 5. The number of hydrogen-bond acceptors (Lipinski definition) is 2. The molecule has 0 aliphatic heterocycles. The summed E-state index contributed by atoms with van der Waals surface area (Å²) >= 11 is 0. The average molecular weight is 207 g/mol. The molecule has 2 atom stereocenters. The molecule has 0 aromatic heterocycles. The van der Waals surface area contributed by atoms with E-state index in [1.54, 1.807) is 0 Å². The molecule has 0 amide bonds. The number of benzene rings is 1. The van der Waals surface area contributed by atoms with Gasteiger partial charge < -0.3 is 10.8 Å². The van der Waals surface area contributed by atoms with Crippen LogP contribution >= 0.6 is 0 Å². The summed E-state index contributed by atoms with van der Waals surface area (Å²) in [5.74, 6) is 0.130. The molecule has 0 saturated heterocycles. The van der Waals surface area contributed by atoms with Crippen LogP contribution in [0.25, 0.3) is 0 Å². The molecule has 0 saturated carbocycles. The van der Waals surface area contributed by atoms with Gasteiger partial charge in [0.2, 0.25) is 0 Å². The summed E-state index contributed by atoms with van der Waals surface area (Å²) in [6.45, 7) is 4.60. The first-order valence-corrected chi connectivity index (χ1v) is 5.67. The van der Waals surface area contributed by atoms with E-state index < -0.39 is 5.60 Å². The van der Waals surface area contributed by atoms with E-state index in [0.29, 0.717) is 13.0 Å². The molecule has 0 radical (unpaired) electrons. The Morgan fingerprint density at radius 2 is 1.87 bits per heavy atom. The Kier molecular flexibility index (Phi) is 4.30. The third-order valence-corrected chi connectivity index (χ3v) is 3.27. The molecule has 0 aliphatic carbocycles. The van der Waals surface area contributed by atoms with Crippen molar-refractivity contribution in [3.63, 3.8) is 0 Å². The third-order valence-electron chi connectivity index (χ3n) is 3.27. The maximum absolute atomic E-state index is 10.7. The van der Waals surface area contributed by atoms with Gasteiger partial charge in [-0.15, -0.1) is 0 Å². The molecule has 0 fully saturated rings. The lowest BCUT2D eigenvalue weighted by atomic mass is 9.78. The number of hydrogen-bond donors (Lipinski definition) is 2. The molecule has 0 bridgehead atoms. The Labute approximate surface area is 92.1 Å². The van der Waals surface area contributed by atoms with E-state index in [0.717, 1.165) is 12.0 Å². The number of aliphatic hydroxyl groups is 1. The zero-order valence-corrected chi connectivity index (χ0v) is 9.61. The fraction of sp³-hybridized carbons (Fsp3) is 0.538. The fourth-order valence-corrected chi connectivity index (χ4v) is 2.15. The Hall–Kier alpha value is -0.860. The van der Waals surface area contributed by atoms with Crippen LogP contribution in [0.1, 0.15) is 32.3 Å². The van der Waals surface area contributed by atoms with Crippen molar-refractivity contribution in [2.75, 3.05) is 6.54 Å². The van der Waals surface area contributed by atoms with Gasteiger partial charge in [0.05, 0.1) is 5.60 Å². The number of nitrogens with two attached hydrogens (primary N) is 1. The Morgan fingerprint density at radius 1 is 1.27 bits per heavy atom. The van der Waals surface area contributed by atoms with Crippen LogP contribution in [-0.2, 0) is 5.60 Å². The minimum Gasteiger partial charge on any atom is -0.385 e. The first-order chi connectivity index (χ1) is 7.19. The summed E-state index contributed by atoms with van der Waals surface area (Å²) in [6, 6.07) is 9.82. The standard InChI is InChI=1S/C13H21NO/c1-3-11(10-14)13(15,4-2)12-8-6-5-7-9-12/h5-9,11,15H,3-4,10,14H2,1-2H3. The molecule has 84 valence electrons. The van der Waals surface area contributed by atoms with Crippen LogP contribution in [0.5, 0.6) is 0 Å². The van der Waals surface area contributed by atoms with E-state index in [2.05, 4.69) is 6.92 Å². The van der Waals surface area contributed by atoms with Crippen LogP contribution in [0.4, 0.5) is 0 Å². The topological polar surface area (TPSA) is 46.2 Å². The van der Waals surface area contributed by atoms with Gasteiger partial charge in [-0.3, -0.25) is 0 Å². The van der Waals surface area contributed by atoms with Crippen molar-refractivity contribution in [2.45, 2.75) is 32.3 Å². The van der Waals surface area contributed by atoms with Gasteiger partial charge in [-0.2, -0.15) is 0 Å². The predicted octanol–water partition coefficient (Wildman–Crippen LogP) is 2.27. The summed E-state index contributed by atoms with van der Waals surface area (Å²) in [6.07, 6.45) is 1.60. The highest BCUT2D eigenvalue weighted by atomic mass is 16.3. The van der Waals surface area contributed by atoms with E-state index >= 15 is 0 Å². The highest BCUT2D eigenvalue weighted by molar-refractivity contribution is 5.23. The second kappa shape index (κ2) is 5.29. The first kappa shape index (κ1) is 12.2. The molecule has 2 heteroatoms. The van der Waals surface area contributed by atoms with Crippen LogP contribution < -0.4 is 5.73 Å². The van der Waals surface area contributed by atoms with Crippen LogP contribution in [0.15, 0.2) is 30.3 Å². The molecule has 2 unspecified atom stereocenters. The Bertz CT molecular complexity index is 282. The first-order valence-electron chi connectivity index (χ1n) is 5.67. The van der Waals surface area contributed by atoms with E-state index in [1.165, 1.54) is 0 Å². The van der Waals surface area contributed by atoms with Crippen LogP contribution in [0.2, 0.25) is 0 Å². The minimum atomic E-state index is -0.773. The Balaban J connectivity index is 3.04. The lowest BCUT2D eigenvalue weighted by Gasteiger charge is -2.35. The zero-order valence-electron chi connectivity index (χ0n) is 9.61. The van der Waals surface area contributed by atoms with Gasteiger partial charge in [-0.1, -0.05) is 44.2 Å². The summed E-state index contributed by atoms with van der Waals surface area (Å²) in [5, 5.41) is 10.7. The lowest BCUT2D eigenvalue weighted by molar-refractivity contribution is -0.0262. The normalized spacial score (nSPS) is 17.1. The predicted molar refractivity (Wildman–Crippen MR) is 63.5 cm³/mol. The van der Waals surface area contributed by atoms with Gasteiger partial charge >= 0.3 is 0 Å². The largest absolute Gasteiger partial charge is 0.385 e. The molecule has 1 aromatic carbocycles. The zero-order chi connectivity index (χ0) is 11.3. The SMILES string of the molecule is CCC(CN)C(O)(CC)c1ccccc1. The van der Waals surface area contributed by atoms with Gasteiger partial charge in [0.25, 0.3) is 0 Å². The van der Waals surface area contributed by atoms with Gasteiger partial charge in [0.15, 0.2) is 0 Å². The smallest absolute Gasteiger partial charge is 0.0933 e. The van der Waals surface area contributed by atoms with E-state index in [9.17, 15) is 5.11 Å². The quantitative estimate of drug-likeness (QED) is 0.778. The second-order valence-electron chi connectivity index (χ2n) is 3.98. The molecule has 3 N–H and O–H groups in total. The Morgan fingerprint density at radius 3 is 2.27 bits per heavy atom. The molecule has 15 heavy (non-hydrogen) atoms. The maximum atomic E-state index is 10.7. The summed E-state index contributed by atoms with van der Waals surface area (Å²) in [7, 11) is 0. The van der Waals surface area contributed by atoms with Crippen molar-refractivity contribution in [2.24, 2.45) is 11.7 Å². The maximum Gasteiger partial charge on any atom is 0.0933 e. The van der Waals surface area contributed by atoms with Crippen molar-refractivity contribution < 1.29 is 5.11 Å². The highest BCUT2D eigenvalue weighted by Gasteiger charge is 2.34. The van der Waals surface area contributed by atoms with Crippen molar-refractivity contribution in [1.29, 1.82) is 0 Å². The highest BCUT2D eigenvalue weighted by Crippen LogP contribution is 2.34. The van der Waals surface area contributed by atoms with Crippen LogP contribution in [0.3, 0.4) is 0 Å². The minimum absolute atomic E-state index is 0.130. The van der Waals surface area contributed by atoms with E-state index in [-0.39, 0.29) is 5.92 Å². The van der Waals surface area contributed by atoms with Gasteiger partial charge in [0.1, 0.15) is 0 Å². The second-order valence-corrected chi connectivity index (χ2v) is 3.98. The van der Waals surface area contributed by atoms with Crippen molar-refractivity contribution in [3.8, 4) is 0 Å². The molecule has 1 rings (SSSR count). The molecule has 0 spiro atoms. The molecule has 0 heterocycles. The van der Waals surface area contributed by atoms with E-state index in [4.69, 9.17) is 5.73 Å². The fourth-order valence-electron chi connectivity index (χ4n) is 2.15. The summed E-state index contributed by atoms with van der Waals surface area (Å²) in [5.41, 5.74) is 5.93. The van der Waals surface area contributed by atoms with Crippen molar-refractivity contribution in [3.05, 3.63) is 35.9 Å². The van der Waals surface area contributed by atoms with E-state index in [1.807, 2.05) is 37.3 Å². The van der Waals surface area contributed by atoms with Crippen molar-refractivity contribution in [1.82, 2.24) is 0 Å². The summed E-state index contributed by atoms with van der Waals surface area (Å²) in [4.78, 5) is 0. The molecule has 2 nitrogen and oxygen atoms in total. The summed E-state index contributed by atoms with van der Waals surface area (Å²) < 4.78 is 0. The van der Waals surface area contributed by atoms with Gasteiger partial charge in [-0.05, 0) is 24.9 Å². The van der Waals surface area contributed by atoms with Crippen LogP contribution in [0, 0.1) is 5.92 Å². The van der Waals surface area contributed by atoms with Gasteiger partial charge in [-0.25, -0.2) is 0 Å². The molecule has 1 aromatic rings. The average Bonchev–Trinajstić information content (AvgIpc) is 2.31. The third kappa shape index (κ3) is 2.39. The molecule has 0 aliphatic rings.